The summed E-state index contributed by atoms with van der Waals surface area (Å²) in [6.45, 7) is 4.67. The van der Waals surface area contributed by atoms with E-state index in [0.717, 1.165) is 67.9 Å². The van der Waals surface area contributed by atoms with Gasteiger partial charge in [-0.15, -0.1) is 11.8 Å². The molecule has 1 fully saturated rings. The fourth-order valence-corrected chi connectivity index (χ4v) is 4.38. The number of piperazine rings is 1. The molecule has 6 heteroatoms. The van der Waals surface area contributed by atoms with Crippen molar-refractivity contribution in [1.29, 1.82) is 0 Å². The fraction of sp³-hybridized carbons (Fsp3) is 0.364. The van der Waals surface area contributed by atoms with Gasteiger partial charge in [-0.05, 0) is 30.5 Å². The van der Waals surface area contributed by atoms with Crippen LogP contribution in [0.5, 0.6) is 0 Å². The van der Waals surface area contributed by atoms with Crippen LogP contribution in [-0.4, -0.2) is 48.3 Å². The molecule has 0 bridgehead atoms. The zero-order valence-electron chi connectivity index (χ0n) is 15.9. The van der Waals surface area contributed by atoms with Crippen LogP contribution in [0.4, 0.5) is 4.39 Å². The summed E-state index contributed by atoms with van der Waals surface area (Å²) in [5.41, 5.74) is 1.18. The van der Waals surface area contributed by atoms with E-state index in [2.05, 4.69) is 28.0 Å². The molecule has 1 aromatic carbocycles. The number of hydrogen-bond acceptors (Lipinski definition) is 5. The molecule has 4 rings (SSSR count). The van der Waals surface area contributed by atoms with Crippen molar-refractivity contribution in [2.24, 2.45) is 0 Å². The highest BCUT2D eigenvalue weighted by Gasteiger charge is 2.22. The van der Waals surface area contributed by atoms with E-state index in [0.29, 0.717) is 0 Å². The molecule has 0 saturated carbocycles. The van der Waals surface area contributed by atoms with Crippen molar-refractivity contribution in [2.75, 3.05) is 38.5 Å². The predicted octanol–water partition coefficient (Wildman–Crippen LogP) is 4.50. The average molecular weight is 401 g/mol. The first kappa shape index (κ1) is 19.2. The highest BCUT2D eigenvalue weighted by atomic mass is 32.2. The van der Waals surface area contributed by atoms with E-state index in [4.69, 9.17) is 9.47 Å². The Morgan fingerprint density at radius 1 is 1.04 bits per heavy atom. The van der Waals surface area contributed by atoms with Crippen LogP contribution in [0.2, 0.25) is 0 Å². The molecule has 2 heterocycles. The number of hydrogen-bond donors (Lipinski definition) is 0. The van der Waals surface area contributed by atoms with Gasteiger partial charge in [0.2, 0.25) is 5.88 Å². The van der Waals surface area contributed by atoms with Gasteiger partial charge < -0.3 is 14.4 Å². The lowest BCUT2D eigenvalue weighted by atomic mass is 10.0. The predicted molar refractivity (Wildman–Crippen MR) is 110 cm³/mol. The Morgan fingerprint density at radius 2 is 1.89 bits per heavy atom. The molecule has 0 spiro atoms. The standard InChI is InChI=1S/C22H25FN2O2S/c23-19-8-4-5-9-21(19)28-15-14-24-10-12-25(13-11-24)22-17-26-20(16-27-22)18-6-2-1-3-7-18/h1-2,4-6,8-9,16-17H,3,7,10-15H2. The second-order valence-electron chi connectivity index (χ2n) is 6.94. The Hall–Kier alpha value is -2.18. The van der Waals surface area contributed by atoms with Gasteiger partial charge in [0.05, 0.1) is 0 Å². The third-order valence-corrected chi connectivity index (χ3v) is 6.12. The van der Waals surface area contributed by atoms with E-state index in [1.54, 1.807) is 30.4 Å². The second-order valence-corrected chi connectivity index (χ2v) is 8.08. The topological polar surface area (TPSA) is 24.9 Å². The summed E-state index contributed by atoms with van der Waals surface area (Å²) in [7, 11) is 0. The molecule has 3 aliphatic rings. The summed E-state index contributed by atoms with van der Waals surface area (Å²) in [5, 5.41) is 0. The van der Waals surface area contributed by atoms with Gasteiger partial charge >= 0.3 is 0 Å². The highest BCUT2D eigenvalue weighted by Crippen LogP contribution is 2.26. The normalized spacial score (nSPS) is 20.0. The van der Waals surface area contributed by atoms with Crippen LogP contribution in [0, 0.1) is 5.82 Å². The van der Waals surface area contributed by atoms with E-state index in [1.165, 1.54) is 11.6 Å². The first-order valence-electron chi connectivity index (χ1n) is 9.74. The molecule has 0 unspecified atom stereocenters. The lowest BCUT2D eigenvalue weighted by molar-refractivity contribution is 0.0872. The third kappa shape index (κ3) is 4.80. The van der Waals surface area contributed by atoms with Crippen LogP contribution in [0.1, 0.15) is 12.8 Å². The molecule has 1 aliphatic carbocycles. The first-order chi connectivity index (χ1) is 13.8. The maximum absolute atomic E-state index is 13.7. The maximum Gasteiger partial charge on any atom is 0.231 e. The molecule has 0 radical (unpaired) electrons. The van der Waals surface area contributed by atoms with Gasteiger partial charge in [-0.3, -0.25) is 4.90 Å². The molecule has 0 atom stereocenters. The van der Waals surface area contributed by atoms with Crippen molar-refractivity contribution in [3.63, 3.8) is 0 Å². The lowest BCUT2D eigenvalue weighted by Crippen LogP contribution is -2.46. The number of halogens is 1. The molecule has 0 N–H and O–H groups in total. The quantitative estimate of drug-likeness (QED) is 0.655. The SMILES string of the molecule is Fc1ccccc1SCCN1CCN(C2=COC(C3=CC=CCC3)=CO2)CC1. The number of nitrogens with zero attached hydrogens (tertiary/aromatic N) is 2. The molecular weight excluding hydrogens is 375 g/mol. The van der Waals surface area contributed by atoms with Gasteiger partial charge in [-0.2, -0.15) is 0 Å². The Labute approximate surface area is 170 Å². The summed E-state index contributed by atoms with van der Waals surface area (Å²) in [6, 6.07) is 6.96. The number of rotatable bonds is 6. The van der Waals surface area contributed by atoms with Gasteiger partial charge in [0.15, 0.2) is 12.0 Å². The average Bonchev–Trinajstić information content (AvgIpc) is 2.76. The van der Waals surface area contributed by atoms with Crippen LogP contribution < -0.4 is 0 Å². The molecule has 148 valence electrons. The third-order valence-electron chi connectivity index (χ3n) is 5.09. The molecular formula is C22H25FN2O2S. The van der Waals surface area contributed by atoms with Crippen molar-refractivity contribution < 1.29 is 13.9 Å². The maximum atomic E-state index is 13.7. The van der Waals surface area contributed by atoms with Gasteiger partial charge in [0.1, 0.15) is 12.1 Å². The number of benzene rings is 1. The van der Waals surface area contributed by atoms with Crippen molar-refractivity contribution in [2.45, 2.75) is 17.7 Å². The molecule has 28 heavy (non-hydrogen) atoms. The van der Waals surface area contributed by atoms with E-state index in [9.17, 15) is 4.39 Å². The van der Waals surface area contributed by atoms with Crippen molar-refractivity contribution in [3.05, 3.63) is 78.1 Å². The molecule has 1 aromatic rings. The first-order valence-corrected chi connectivity index (χ1v) is 10.7. The van der Waals surface area contributed by atoms with Crippen molar-refractivity contribution >= 4 is 11.8 Å². The zero-order valence-corrected chi connectivity index (χ0v) is 16.7. The summed E-state index contributed by atoms with van der Waals surface area (Å²) in [6.07, 6.45) is 11.8. The van der Waals surface area contributed by atoms with Gasteiger partial charge in [-0.25, -0.2) is 4.39 Å². The van der Waals surface area contributed by atoms with Crippen molar-refractivity contribution in [3.8, 4) is 0 Å². The largest absolute Gasteiger partial charge is 0.456 e. The van der Waals surface area contributed by atoms with Gasteiger partial charge in [-0.1, -0.05) is 30.4 Å². The monoisotopic (exact) mass is 400 g/mol. The molecule has 4 nitrogen and oxygen atoms in total. The van der Waals surface area contributed by atoms with E-state index < -0.39 is 0 Å². The van der Waals surface area contributed by atoms with Crippen LogP contribution in [0.15, 0.2) is 77.1 Å². The van der Waals surface area contributed by atoms with E-state index in [-0.39, 0.29) is 5.82 Å². The summed E-state index contributed by atoms with van der Waals surface area (Å²) in [5.74, 6) is 2.33. The number of thioether (sulfide) groups is 1. The molecule has 0 aromatic heterocycles. The second kappa shape index (κ2) is 9.34. The summed E-state index contributed by atoms with van der Waals surface area (Å²) < 4.78 is 25.3. The summed E-state index contributed by atoms with van der Waals surface area (Å²) in [4.78, 5) is 5.35. The minimum atomic E-state index is -0.133. The van der Waals surface area contributed by atoms with Gasteiger partial charge in [0.25, 0.3) is 0 Å². The Balaban J connectivity index is 1.19. The van der Waals surface area contributed by atoms with E-state index >= 15 is 0 Å². The van der Waals surface area contributed by atoms with Crippen LogP contribution in [0.25, 0.3) is 0 Å². The van der Waals surface area contributed by atoms with E-state index in [1.807, 2.05) is 12.1 Å². The van der Waals surface area contributed by atoms with Crippen LogP contribution in [-0.2, 0) is 9.47 Å². The highest BCUT2D eigenvalue weighted by molar-refractivity contribution is 7.99. The minimum Gasteiger partial charge on any atom is -0.456 e. The molecule has 1 saturated heterocycles. The lowest BCUT2D eigenvalue weighted by Gasteiger charge is -2.36. The Bertz CT molecular complexity index is 811. The Kier molecular flexibility index (Phi) is 6.39. The molecule has 2 aliphatic heterocycles. The molecule has 0 amide bonds. The fourth-order valence-electron chi connectivity index (χ4n) is 3.43. The summed E-state index contributed by atoms with van der Waals surface area (Å²) >= 11 is 1.58. The minimum absolute atomic E-state index is 0.133. The number of ether oxygens (including phenoxy) is 2. The van der Waals surface area contributed by atoms with Gasteiger partial charge in [0, 0.05) is 43.4 Å². The Morgan fingerprint density at radius 3 is 2.61 bits per heavy atom. The van der Waals surface area contributed by atoms with Crippen LogP contribution in [0.3, 0.4) is 0 Å². The smallest absolute Gasteiger partial charge is 0.231 e. The number of allylic oxidation sites excluding steroid dienone is 4. The van der Waals surface area contributed by atoms with Crippen LogP contribution >= 0.6 is 11.8 Å². The zero-order chi connectivity index (χ0) is 19.2. The van der Waals surface area contributed by atoms with Crippen molar-refractivity contribution in [1.82, 2.24) is 9.80 Å².